The molecule has 1 saturated heterocycles. The lowest BCUT2D eigenvalue weighted by Crippen LogP contribution is -2.39. The monoisotopic (exact) mass is 132 g/mol. The van der Waals surface area contributed by atoms with E-state index in [4.69, 9.17) is 15.2 Å². The summed E-state index contributed by atoms with van der Waals surface area (Å²) in [5.74, 6) is 0. The maximum Gasteiger partial charge on any atom is 0.314 e. The Bertz CT molecular complexity index is 110. The number of carbonyl (C=O) groups is 1. The number of nitrogens with one attached hydrogen (secondary N) is 1. The molecule has 0 aromatic carbocycles. The molecule has 1 heterocycles. The Labute approximate surface area is 52.1 Å². The van der Waals surface area contributed by atoms with Crippen LogP contribution < -0.4 is 11.1 Å². The fraction of sp³-hybridized carbons (Fsp3) is 0.750. The number of primary amides is 1. The van der Waals surface area contributed by atoms with Crippen molar-refractivity contribution in [1.82, 2.24) is 5.32 Å². The number of nitrogens with two attached hydrogens (primary N) is 1. The van der Waals surface area contributed by atoms with E-state index in [1.165, 1.54) is 0 Å². The molecule has 5 nitrogen and oxygen atoms in total. The Morgan fingerprint density at radius 2 is 2.56 bits per heavy atom. The lowest BCUT2D eigenvalue weighted by molar-refractivity contribution is 0.0409. The summed E-state index contributed by atoms with van der Waals surface area (Å²) in [7, 11) is 0. The van der Waals surface area contributed by atoms with Gasteiger partial charge in [0.2, 0.25) is 0 Å². The Hall–Kier alpha value is -0.810. The second-order valence-electron chi connectivity index (χ2n) is 1.65. The minimum absolute atomic E-state index is 0.227. The van der Waals surface area contributed by atoms with Crippen molar-refractivity contribution in [2.75, 3.05) is 13.4 Å². The molecule has 0 radical (unpaired) electrons. The van der Waals surface area contributed by atoms with Crippen LogP contribution in [-0.2, 0) is 9.47 Å². The van der Waals surface area contributed by atoms with Crippen LogP contribution in [0.2, 0.25) is 0 Å². The maximum atomic E-state index is 10.1. The normalized spacial score (nSPS) is 26.0. The number of ether oxygens (including phenoxy) is 2. The molecule has 1 aliphatic rings. The van der Waals surface area contributed by atoms with Crippen molar-refractivity contribution >= 4 is 6.03 Å². The van der Waals surface area contributed by atoms with Crippen molar-refractivity contribution in [2.45, 2.75) is 6.23 Å². The number of amides is 2. The Balaban J connectivity index is 2.19. The number of urea groups is 1. The Morgan fingerprint density at radius 3 is 3.00 bits per heavy atom. The first-order valence-corrected chi connectivity index (χ1v) is 2.54. The quantitative estimate of drug-likeness (QED) is 0.479. The first-order valence-electron chi connectivity index (χ1n) is 2.54. The van der Waals surface area contributed by atoms with E-state index in [1.807, 2.05) is 0 Å². The first kappa shape index (κ1) is 6.31. The number of hydrogen-bond acceptors (Lipinski definition) is 3. The molecule has 0 aromatic rings. The number of hydrogen-bond donors (Lipinski definition) is 2. The fourth-order valence-electron chi connectivity index (χ4n) is 0.576. The van der Waals surface area contributed by atoms with E-state index in [1.54, 1.807) is 0 Å². The van der Waals surface area contributed by atoms with Crippen LogP contribution in [0.4, 0.5) is 4.79 Å². The third-order valence-corrected chi connectivity index (χ3v) is 0.925. The topological polar surface area (TPSA) is 73.6 Å². The summed E-state index contributed by atoms with van der Waals surface area (Å²) in [4.78, 5) is 10.1. The van der Waals surface area contributed by atoms with Gasteiger partial charge in [-0.25, -0.2) is 4.79 Å². The van der Waals surface area contributed by atoms with Crippen molar-refractivity contribution in [3.63, 3.8) is 0 Å². The van der Waals surface area contributed by atoms with Crippen LogP contribution in [0.1, 0.15) is 0 Å². The van der Waals surface area contributed by atoms with Gasteiger partial charge >= 0.3 is 6.03 Å². The van der Waals surface area contributed by atoms with Crippen LogP contribution >= 0.6 is 0 Å². The zero-order valence-corrected chi connectivity index (χ0v) is 4.79. The average molecular weight is 132 g/mol. The van der Waals surface area contributed by atoms with Gasteiger partial charge in [-0.05, 0) is 0 Å². The zero-order valence-electron chi connectivity index (χ0n) is 4.79. The van der Waals surface area contributed by atoms with Gasteiger partial charge in [-0.1, -0.05) is 0 Å². The molecule has 3 N–H and O–H groups in total. The van der Waals surface area contributed by atoms with Crippen molar-refractivity contribution < 1.29 is 14.3 Å². The molecule has 1 rings (SSSR count). The molecular weight excluding hydrogens is 124 g/mol. The minimum atomic E-state index is -0.592. The minimum Gasteiger partial charge on any atom is -0.352 e. The molecule has 1 aliphatic heterocycles. The molecule has 0 aromatic heterocycles. The summed E-state index contributed by atoms with van der Waals surface area (Å²) in [5, 5.41) is 2.33. The molecule has 0 bridgehead atoms. The summed E-state index contributed by atoms with van der Waals surface area (Å²) in [6, 6.07) is -0.592. The summed E-state index contributed by atoms with van der Waals surface area (Å²) in [5.41, 5.74) is 4.79. The molecule has 1 atom stereocenters. The average Bonchev–Trinajstić information content (AvgIpc) is 2.15. The van der Waals surface area contributed by atoms with Crippen molar-refractivity contribution in [3.8, 4) is 0 Å². The second kappa shape index (κ2) is 2.65. The fourth-order valence-corrected chi connectivity index (χ4v) is 0.576. The Kier molecular flexibility index (Phi) is 1.86. The third kappa shape index (κ3) is 1.87. The third-order valence-electron chi connectivity index (χ3n) is 0.925. The predicted octanol–water partition coefficient (Wildman–Crippen LogP) is -1.01. The van der Waals surface area contributed by atoms with Gasteiger partial charge in [0.05, 0.1) is 6.61 Å². The highest BCUT2D eigenvalue weighted by atomic mass is 16.7. The highest BCUT2D eigenvalue weighted by Gasteiger charge is 2.15. The molecule has 0 aliphatic carbocycles. The zero-order chi connectivity index (χ0) is 6.69. The van der Waals surface area contributed by atoms with Crippen LogP contribution in [0.3, 0.4) is 0 Å². The lowest BCUT2D eigenvalue weighted by Gasteiger charge is -2.05. The summed E-state index contributed by atoms with van der Waals surface area (Å²) >= 11 is 0. The predicted molar refractivity (Wildman–Crippen MR) is 28.4 cm³/mol. The van der Waals surface area contributed by atoms with Gasteiger partial charge in [-0.3, -0.25) is 0 Å². The van der Waals surface area contributed by atoms with E-state index < -0.39 is 6.03 Å². The Morgan fingerprint density at radius 1 is 1.78 bits per heavy atom. The molecule has 5 heteroatoms. The highest BCUT2D eigenvalue weighted by Crippen LogP contribution is 1.97. The van der Waals surface area contributed by atoms with Gasteiger partial charge in [0.15, 0.2) is 6.23 Å². The van der Waals surface area contributed by atoms with E-state index in [0.717, 1.165) is 0 Å². The van der Waals surface area contributed by atoms with Crippen LogP contribution in [0.25, 0.3) is 0 Å². The largest absolute Gasteiger partial charge is 0.352 e. The van der Waals surface area contributed by atoms with Gasteiger partial charge in [0.1, 0.15) is 6.79 Å². The van der Waals surface area contributed by atoms with E-state index in [9.17, 15) is 4.79 Å². The van der Waals surface area contributed by atoms with Gasteiger partial charge in [0.25, 0.3) is 0 Å². The summed E-state index contributed by atoms with van der Waals surface area (Å²) in [6.45, 7) is 0.605. The molecule has 1 fully saturated rings. The van der Waals surface area contributed by atoms with Gasteiger partial charge in [-0.15, -0.1) is 0 Å². The van der Waals surface area contributed by atoms with Gasteiger partial charge in [-0.2, -0.15) is 0 Å². The molecular formula is C4H8N2O3. The van der Waals surface area contributed by atoms with Crippen LogP contribution in [-0.4, -0.2) is 25.7 Å². The van der Waals surface area contributed by atoms with Crippen molar-refractivity contribution in [3.05, 3.63) is 0 Å². The van der Waals surface area contributed by atoms with E-state index >= 15 is 0 Å². The van der Waals surface area contributed by atoms with Crippen LogP contribution in [0, 0.1) is 0 Å². The SMILES string of the molecule is NC(=O)NC1COCO1. The highest BCUT2D eigenvalue weighted by molar-refractivity contribution is 5.71. The first-order chi connectivity index (χ1) is 4.29. The smallest absolute Gasteiger partial charge is 0.314 e. The second-order valence-corrected chi connectivity index (χ2v) is 1.65. The maximum absolute atomic E-state index is 10.1. The van der Waals surface area contributed by atoms with Crippen LogP contribution in [0.5, 0.6) is 0 Å². The van der Waals surface area contributed by atoms with Crippen molar-refractivity contribution in [1.29, 1.82) is 0 Å². The summed E-state index contributed by atoms with van der Waals surface area (Å²) in [6.07, 6.45) is -0.359. The van der Waals surface area contributed by atoms with Crippen LogP contribution in [0.15, 0.2) is 0 Å². The lowest BCUT2D eigenvalue weighted by atomic mass is 10.6. The molecule has 1 unspecified atom stereocenters. The number of carbonyl (C=O) groups excluding carboxylic acids is 1. The van der Waals surface area contributed by atoms with E-state index in [2.05, 4.69) is 5.32 Å². The molecule has 2 amide bonds. The molecule has 52 valence electrons. The number of rotatable bonds is 1. The molecule has 0 spiro atoms. The molecule has 0 saturated carbocycles. The molecule has 9 heavy (non-hydrogen) atoms. The van der Waals surface area contributed by atoms with Crippen molar-refractivity contribution in [2.24, 2.45) is 5.73 Å². The van der Waals surface area contributed by atoms with E-state index in [0.29, 0.717) is 6.61 Å². The van der Waals surface area contributed by atoms with E-state index in [-0.39, 0.29) is 13.0 Å². The van der Waals surface area contributed by atoms with Gasteiger partial charge < -0.3 is 20.5 Å². The summed E-state index contributed by atoms with van der Waals surface area (Å²) < 4.78 is 9.60. The standard InChI is InChI=1S/C4H8N2O3/c5-4(7)6-3-1-8-2-9-3/h3H,1-2H2,(H3,5,6,7). The van der Waals surface area contributed by atoms with Gasteiger partial charge in [0, 0.05) is 0 Å².